The zero-order valence-corrected chi connectivity index (χ0v) is 7.16. The van der Waals surface area contributed by atoms with Crippen molar-refractivity contribution >= 4 is 11.9 Å². The molecule has 0 radical (unpaired) electrons. The van der Waals surface area contributed by atoms with Crippen LogP contribution >= 0.6 is 0 Å². The predicted molar refractivity (Wildman–Crippen MR) is 52.1 cm³/mol. The van der Waals surface area contributed by atoms with E-state index in [1.807, 2.05) is 6.21 Å². The molecule has 0 bridgehead atoms. The number of hydrogen-bond donors (Lipinski definition) is 0. The minimum atomic E-state index is 1.13. The summed E-state index contributed by atoms with van der Waals surface area (Å²) in [4.78, 5) is 4.42. The van der Waals surface area contributed by atoms with Gasteiger partial charge in [-0.05, 0) is 37.3 Å². The number of aryl methyl sites for hydroxylation is 1. The molecule has 0 unspecified atom stereocenters. The minimum Gasteiger partial charge on any atom is -0.261 e. The summed E-state index contributed by atoms with van der Waals surface area (Å²) in [6.45, 7) is 0. The quantitative estimate of drug-likeness (QED) is 0.551. The summed E-state index contributed by atoms with van der Waals surface area (Å²) in [5.74, 6) is 0. The Balaban J connectivity index is 2.36. The van der Waals surface area contributed by atoms with Crippen LogP contribution in [0.5, 0.6) is 0 Å². The SMILES string of the molecule is C1=N\c2ccccc2CCCC/1. The van der Waals surface area contributed by atoms with Gasteiger partial charge in [-0.25, -0.2) is 0 Å². The smallest absolute Gasteiger partial charge is 0.0657 e. The minimum absolute atomic E-state index is 1.13. The van der Waals surface area contributed by atoms with Crippen LogP contribution in [-0.2, 0) is 6.42 Å². The van der Waals surface area contributed by atoms with Crippen molar-refractivity contribution in [3.05, 3.63) is 29.8 Å². The first kappa shape index (κ1) is 7.53. The molecule has 1 aromatic rings. The number of rotatable bonds is 0. The highest BCUT2D eigenvalue weighted by atomic mass is 14.7. The van der Waals surface area contributed by atoms with Gasteiger partial charge in [0.15, 0.2) is 0 Å². The highest BCUT2D eigenvalue weighted by molar-refractivity contribution is 5.65. The van der Waals surface area contributed by atoms with Crippen LogP contribution in [0.4, 0.5) is 5.69 Å². The fraction of sp³-hybridized carbons (Fsp3) is 0.364. The molecular weight excluding hydrogens is 146 g/mol. The molecule has 0 N–H and O–H groups in total. The zero-order chi connectivity index (χ0) is 8.23. The molecule has 0 aliphatic carbocycles. The van der Waals surface area contributed by atoms with Gasteiger partial charge in [0.05, 0.1) is 5.69 Å². The van der Waals surface area contributed by atoms with Crippen molar-refractivity contribution in [1.29, 1.82) is 0 Å². The molecule has 12 heavy (non-hydrogen) atoms. The van der Waals surface area contributed by atoms with Crippen LogP contribution < -0.4 is 0 Å². The predicted octanol–water partition coefficient (Wildman–Crippen LogP) is 3.12. The molecule has 0 spiro atoms. The third-order valence-electron chi connectivity index (χ3n) is 2.25. The lowest BCUT2D eigenvalue weighted by Crippen LogP contribution is -1.90. The molecule has 62 valence electrons. The van der Waals surface area contributed by atoms with Crippen molar-refractivity contribution in [2.24, 2.45) is 4.99 Å². The summed E-state index contributed by atoms with van der Waals surface area (Å²) in [6.07, 6.45) is 6.93. The molecule has 0 amide bonds. The Morgan fingerprint density at radius 2 is 2.00 bits per heavy atom. The van der Waals surface area contributed by atoms with E-state index in [1.165, 1.54) is 24.8 Å². The van der Waals surface area contributed by atoms with Gasteiger partial charge in [0.1, 0.15) is 0 Å². The van der Waals surface area contributed by atoms with Crippen molar-refractivity contribution in [2.75, 3.05) is 0 Å². The van der Waals surface area contributed by atoms with Gasteiger partial charge in [-0.2, -0.15) is 0 Å². The summed E-state index contributed by atoms with van der Waals surface area (Å²) in [5.41, 5.74) is 2.56. The third kappa shape index (κ3) is 1.55. The maximum atomic E-state index is 4.42. The Kier molecular flexibility index (Phi) is 2.21. The lowest BCUT2D eigenvalue weighted by atomic mass is 10.0. The standard InChI is InChI=1S/C11H13N/c1-2-6-10-7-3-4-8-11(10)12-9-5-1/h3-4,7-9H,1-2,5-6H2/b12-9-. The van der Waals surface area contributed by atoms with Crippen LogP contribution in [0.1, 0.15) is 24.8 Å². The summed E-state index contributed by atoms with van der Waals surface area (Å²) in [6, 6.07) is 8.42. The van der Waals surface area contributed by atoms with Crippen molar-refractivity contribution in [3.63, 3.8) is 0 Å². The van der Waals surface area contributed by atoms with Crippen molar-refractivity contribution < 1.29 is 0 Å². The van der Waals surface area contributed by atoms with Gasteiger partial charge in [-0.15, -0.1) is 0 Å². The Morgan fingerprint density at radius 3 is 3.00 bits per heavy atom. The van der Waals surface area contributed by atoms with E-state index in [2.05, 4.69) is 29.3 Å². The van der Waals surface area contributed by atoms with Crippen LogP contribution in [-0.4, -0.2) is 6.21 Å². The molecule has 0 aromatic heterocycles. The Hall–Kier alpha value is -1.11. The van der Waals surface area contributed by atoms with E-state index in [0.717, 1.165) is 12.1 Å². The van der Waals surface area contributed by atoms with Gasteiger partial charge < -0.3 is 0 Å². The number of benzene rings is 1. The first-order valence-corrected chi connectivity index (χ1v) is 4.57. The van der Waals surface area contributed by atoms with Crippen molar-refractivity contribution in [2.45, 2.75) is 25.7 Å². The van der Waals surface area contributed by atoms with E-state index < -0.39 is 0 Å². The number of nitrogens with zero attached hydrogens (tertiary/aromatic N) is 1. The molecule has 1 aliphatic heterocycles. The summed E-state index contributed by atoms with van der Waals surface area (Å²) >= 11 is 0. The van der Waals surface area contributed by atoms with E-state index >= 15 is 0 Å². The molecule has 1 aliphatic rings. The number of para-hydroxylation sites is 1. The normalized spacial score (nSPS) is 19.0. The van der Waals surface area contributed by atoms with Crippen molar-refractivity contribution in [1.82, 2.24) is 0 Å². The first-order chi connectivity index (χ1) is 5.97. The van der Waals surface area contributed by atoms with Crippen LogP contribution in [0.2, 0.25) is 0 Å². The van der Waals surface area contributed by atoms with E-state index in [1.54, 1.807) is 0 Å². The highest BCUT2D eigenvalue weighted by Gasteiger charge is 2.01. The van der Waals surface area contributed by atoms with Gasteiger partial charge in [0, 0.05) is 6.21 Å². The summed E-state index contributed by atoms with van der Waals surface area (Å²) in [7, 11) is 0. The van der Waals surface area contributed by atoms with Gasteiger partial charge in [-0.1, -0.05) is 18.2 Å². The second-order valence-electron chi connectivity index (χ2n) is 3.19. The Bertz CT molecular complexity index is 289. The van der Waals surface area contributed by atoms with Crippen LogP contribution in [0, 0.1) is 0 Å². The maximum absolute atomic E-state index is 4.42. The van der Waals surface area contributed by atoms with E-state index in [9.17, 15) is 0 Å². The second-order valence-corrected chi connectivity index (χ2v) is 3.19. The summed E-state index contributed by atoms with van der Waals surface area (Å²) in [5, 5.41) is 0. The molecule has 0 saturated carbocycles. The molecule has 1 heterocycles. The zero-order valence-electron chi connectivity index (χ0n) is 7.16. The topological polar surface area (TPSA) is 12.4 Å². The monoisotopic (exact) mass is 159 g/mol. The lowest BCUT2D eigenvalue weighted by Gasteiger charge is -2.07. The van der Waals surface area contributed by atoms with Gasteiger partial charge in [0.2, 0.25) is 0 Å². The molecule has 2 rings (SSSR count). The molecule has 0 saturated heterocycles. The van der Waals surface area contributed by atoms with Crippen molar-refractivity contribution in [3.8, 4) is 0 Å². The number of fused-ring (bicyclic) bond motifs is 1. The average molecular weight is 159 g/mol. The molecule has 0 atom stereocenters. The van der Waals surface area contributed by atoms with Crippen LogP contribution in [0.3, 0.4) is 0 Å². The fourth-order valence-electron chi connectivity index (χ4n) is 1.56. The molecule has 0 fully saturated rings. The number of aliphatic imine (C=N–C) groups is 1. The van der Waals surface area contributed by atoms with Gasteiger partial charge >= 0.3 is 0 Å². The average Bonchev–Trinajstić information content (AvgIpc) is 2.06. The first-order valence-electron chi connectivity index (χ1n) is 4.57. The number of hydrogen-bond acceptors (Lipinski definition) is 1. The highest BCUT2D eigenvalue weighted by Crippen LogP contribution is 2.22. The third-order valence-corrected chi connectivity index (χ3v) is 2.25. The van der Waals surface area contributed by atoms with Crippen LogP contribution in [0.25, 0.3) is 0 Å². The molecule has 1 heteroatoms. The largest absolute Gasteiger partial charge is 0.261 e. The summed E-state index contributed by atoms with van der Waals surface area (Å²) < 4.78 is 0. The lowest BCUT2D eigenvalue weighted by molar-refractivity contribution is 0.761. The Morgan fingerprint density at radius 1 is 1.08 bits per heavy atom. The maximum Gasteiger partial charge on any atom is 0.0657 e. The van der Waals surface area contributed by atoms with Gasteiger partial charge in [0.25, 0.3) is 0 Å². The molecule has 1 aromatic carbocycles. The fourth-order valence-corrected chi connectivity index (χ4v) is 1.56. The van der Waals surface area contributed by atoms with Crippen LogP contribution in [0.15, 0.2) is 29.3 Å². The van der Waals surface area contributed by atoms with E-state index in [0.29, 0.717) is 0 Å². The Labute approximate surface area is 73.1 Å². The van der Waals surface area contributed by atoms with E-state index in [-0.39, 0.29) is 0 Å². The molecular formula is C11H13N. The van der Waals surface area contributed by atoms with Gasteiger partial charge in [-0.3, -0.25) is 4.99 Å². The van der Waals surface area contributed by atoms with E-state index in [4.69, 9.17) is 0 Å². The molecule has 1 nitrogen and oxygen atoms in total. The second kappa shape index (κ2) is 3.53.